The van der Waals surface area contributed by atoms with E-state index in [1.54, 1.807) is 23.9 Å². The third-order valence-corrected chi connectivity index (χ3v) is 4.54. The van der Waals surface area contributed by atoms with E-state index in [1.165, 1.54) is 4.90 Å². The lowest BCUT2D eigenvalue weighted by Crippen LogP contribution is -2.44. The Balaban J connectivity index is 2.09. The second-order valence-electron chi connectivity index (χ2n) is 8.42. The number of carbonyl (C=O) groups is 2. The predicted molar refractivity (Wildman–Crippen MR) is 119 cm³/mol. The molecular formula is C22H33N5O3. The van der Waals surface area contributed by atoms with Crippen LogP contribution < -0.4 is 15.4 Å². The van der Waals surface area contributed by atoms with E-state index >= 15 is 0 Å². The number of anilines is 2. The van der Waals surface area contributed by atoms with Crippen LogP contribution in [0.2, 0.25) is 0 Å². The van der Waals surface area contributed by atoms with Crippen molar-refractivity contribution >= 4 is 23.4 Å². The molecular weight excluding hydrogens is 382 g/mol. The Kier molecular flexibility index (Phi) is 7.48. The van der Waals surface area contributed by atoms with Crippen LogP contribution in [0.5, 0.6) is 5.75 Å². The summed E-state index contributed by atoms with van der Waals surface area (Å²) < 4.78 is 7.19. The largest absolute Gasteiger partial charge is 0.492 e. The lowest BCUT2D eigenvalue weighted by molar-refractivity contribution is -0.117. The van der Waals surface area contributed by atoms with Crippen LogP contribution in [-0.4, -0.2) is 45.8 Å². The summed E-state index contributed by atoms with van der Waals surface area (Å²) in [6.45, 7) is 12.2. The first kappa shape index (κ1) is 23.3. The highest BCUT2D eigenvalue weighted by Crippen LogP contribution is 2.25. The quantitative estimate of drug-likeness (QED) is 0.715. The number of ether oxygens (including phenoxy) is 1. The maximum atomic E-state index is 12.9. The zero-order valence-corrected chi connectivity index (χ0v) is 18.9. The van der Waals surface area contributed by atoms with Crippen LogP contribution in [0.3, 0.4) is 0 Å². The summed E-state index contributed by atoms with van der Waals surface area (Å²) in [6, 6.07) is 8.54. The number of nitrogens with zero attached hydrogens (tertiary/aromatic N) is 3. The van der Waals surface area contributed by atoms with Crippen LogP contribution in [0.1, 0.15) is 47.2 Å². The van der Waals surface area contributed by atoms with E-state index in [2.05, 4.69) is 36.5 Å². The Morgan fingerprint density at radius 2 is 1.87 bits per heavy atom. The maximum absolute atomic E-state index is 12.9. The fraction of sp³-hybridized carbons (Fsp3) is 0.500. The zero-order valence-electron chi connectivity index (χ0n) is 18.9. The van der Waals surface area contributed by atoms with Gasteiger partial charge in [0.25, 0.3) is 0 Å². The third kappa shape index (κ3) is 5.98. The van der Waals surface area contributed by atoms with Crippen molar-refractivity contribution in [3.05, 3.63) is 36.0 Å². The summed E-state index contributed by atoms with van der Waals surface area (Å²) in [6.07, 6.45) is 0. The van der Waals surface area contributed by atoms with E-state index in [9.17, 15) is 9.59 Å². The molecule has 0 unspecified atom stereocenters. The monoisotopic (exact) mass is 415 g/mol. The van der Waals surface area contributed by atoms with Gasteiger partial charge in [-0.3, -0.25) is 9.48 Å². The molecule has 1 heterocycles. The van der Waals surface area contributed by atoms with Gasteiger partial charge in [0, 0.05) is 24.6 Å². The number of rotatable bonds is 7. The van der Waals surface area contributed by atoms with Gasteiger partial charge in [0.1, 0.15) is 18.1 Å². The molecule has 0 radical (unpaired) electrons. The minimum Gasteiger partial charge on any atom is -0.492 e. The molecule has 0 saturated heterocycles. The van der Waals surface area contributed by atoms with Gasteiger partial charge in [0.2, 0.25) is 5.91 Å². The highest BCUT2D eigenvalue weighted by atomic mass is 16.5. The van der Waals surface area contributed by atoms with Crippen LogP contribution in [0.15, 0.2) is 30.3 Å². The lowest BCUT2D eigenvalue weighted by atomic mass is 9.92. The van der Waals surface area contributed by atoms with Gasteiger partial charge < -0.3 is 20.3 Å². The van der Waals surface area contributed by atoms with Crippen molar-refractivity contribution in [3.8, 4) is 5.75 Å². The molecule has 0 bridgehead atoms. The van der Waals surface area contributed by atoms with Crippen molar-refractivity contribution < 1.29 is 14.3 Å². The molecule has 0 fully saturated rings. The number of carbonyl (C=O) groups excluding carboxylic acids is 2. The number of para-hydroxylation sites is 2. The van der Waals surface area contributed by atoms with E-state index in [0.29, 0.717) is 23.9 Å². The summed E-state index contributed by atoms with van der Waals surface area (Å²) in [5.41, 5.74) is 1.32. The molecule has 8 heteroatoms. The van der Waals surface area contributed by atoms with E-state index in [0.717, 1.165) is 5.69 Å². The highest BCUT2D eigenvalue weighted by Gasteiger charge is 2.23. The zero-order chi connectivity index (χ0) is 22.5. The molecule has 0 saturated carbocycles. The van der Waals surface area contributed by atoms with Gasteiger partial charge in [-0.1, -0.05) is 32.9 Å². The van der Waals surface area contributed by atoms with Crippen molar-refractivity contribution in [2.75, 3.05) is 23.8 Å². The van der Waals surface area contributed by atoms with Gasteiger partial charge in [-0.15, -0.1) is 0 Å². The minimum atomic E-state index is -0.368. The summed E-state index contributed by atoms with van der Waals surface area (Å²) in [7, 11) is 1.78. The Bertz CT molecular complexity index is 883. The normalized spacial score (nSPS) is 11.3. The third-order valence-electron chi connectivity index (χ3n) is 4.54. The lowest BCUT2D eigenvalue weighted by Gasteiger charge is -2.26. The standard InChI is InChI=1S/C22H33N5O3/c1-8-30-17-12-10-9-11-16(17)23-21(29)27(15(2)3)14-20(28)24-19-13-18(22(4,5)6)25-26(19)7/h9-13,15H,8,14H2,1-7H3,(H,23,29)(H,24,28). The van der Waals surface area contributed by atoms with Crippen LogP contribution in [-0.2, 0) is 17.3 Å². The number of benzene rings is 1. The van der Waals surface area contributed by atoms with Crippen LogP contribution in [0, 0.1) is 0 Å². The van der Waals surface area contributed by atoms with Gasteiger partial charge in [0.15, 0.2) is 0 Å². The molecule has 30 heavy (non-hydrogen) atoms. The van der Waals surface area contributed by atoms with Gasteiger partial charge in [0.05, 0.1) is 18.0 Å². The number of amides is 3. The van der Waals surface area contributed by atoms with Crippen molar-refractivity contribution in [2.24, 2.45) is 7.05 Å². The Morgan fingerprint density at radius 1 is 1.20 bits per heavy atom. The summed E-state index contributed by atoms with van der Waals surface area (Å²) in [5, 5.41) is 10.2. The molecule has 2 aromatic rings. The number of urea groups is 1. The first-order chi connectivity index (χ1) is 14.0. The first-order valence-electron chi connectivity index (χ1n) is 10.2. The van der Waals surface area contributed by atoms with Gasteiger partial charge in [-0.2, -0.15) is 5.10 Å². The molecule has 3 amide bonds. The van der Waals surface area contributed by atoms with Gasteiger partial charge >= 0.3 is 6.03 Å². The molecule has 8 nitrogen and oxygen atoms in total. The molecule has 0 atom stereocenters. The fourth-order valence-corrected chi connectivity index (χ4v) is 2.82. The van der Waals surface area contributed by atoms with Crippen LogP contribution in [0.25, 0.3) is 0 Å². The number of aryl methyl sites for hydroxylation is 1. The van der Waals surface area contributed by atoms with E-state index in [-0.39, 0.29) is 29.9 Å². The summed E-state index contributed by atoms with van der Waals surface area (Å²) in [4.78, 5) is 27.0. The topological polar surface area (TPSA) is 88.5 Å². The number of aromatic nitrogens is 2. The van der Waals surface area contributed by atoms with E-state index in [1.807, 2.05) is 39.0 Å². The second-order valence-corrected chi connectivity index (χ2v) is 8.42. The van der Waals surface area contributed by atoms with Crippen molar-refractivity contribution in [1.82, 2.24) is 14.7 Å². The first-order valence-corrected chi connectivity index (χ1v) is 10.2. The predicted octanol–water partition coefficient (Wildman–Crippen LogP) is 4.00. The van der Waals surface area contributed by atoms with Gasteiger partial charge in [-0.05, 0) is 32.9 Å². The minimum absolute atomic E-state index is 0.0870. The molecule has 0 aliphatic carbocycles. The average Bonchev–Trinajstić information content (AvgIpc) is 3.02. The molecule has 0 spiro atoms. The second kappa shape index (κ2) is 9.65. The SMILES string of the molecule is CCOc1ccccc1NC(=O)N(CC(=O)Nc1cc(C(C)(C)C)nn1C)C(C)C. The van der Waals surface area contributed by atoms with Crippen molar-refractivity contribution in [2.45, 2.75) is 53.0 Å². The molecule has 2 rings (SSSR count). The number of nitrogens with one attached hydrogen (secondary N) is 2. The molecule has 1 aromatic heterocycles. The average molecular weight is 416 g/mol. The van der Waals surface area contributed by atoms with Crippen molar-refractivity contribution in [3.63, 3.8) is 0 Å². The smallest absolute Gasteiger partial charge is 0.322 e. The molecule has 1 aromatic carbocycles. The Morgan fingerprint density at radius 3 is 2.43 bits per heavy atom. The van der Waals surface area contributed by atoms with Gasteiger partial charge in [-0.25, -0.2) is 4.79 Å². The Hall–Kier alpha value is -3.03. The number of hydrogen-bond donors (Lipinski definition) is 2. The van der Waals surface area contributed by atoms with Crippen LogP contribution in [0.4, 0.5) is 16.3 Å². The number of hydrogen-bond acceptors (Lipinski definition) is 4. The van der Waals surface area contributed by atoms with E-state index in [4.69, 9.17) is 4.74 Å². The highest BCUT2D eigenvalue weighted by molar-refractivity contribution is 5.97. The molecule has 0 aliphatic rings. The fourth-order valence-electron chi connectivity index (χ4n) is 2.82. The summed E-state index contributed by atoms with van der Waals surface area (Å²) in [5.74, 6) is 0.891. The molecule has 164 valence electrons. The summed E-state index contributed by atoms with van der Waals surface area (Å²) >= 11 is 0. The van der Waals surface area contributed by atoms with Crippen LogP contribution >= 0.6 is 0 Å². The Labute approximate surface area is 178 Å². The molecule has 2 N–H and O–H groups in total. The van der Waals surface area contributed by atoms with Crippen molar-refractivity contribution in [1.29, 1.82) is 0 Å². The molecule has 0 aliphatic heterocycles. The van der Waals surface area contributed by atoms with E-state index < -0.39 is 0 Å². The maximum Gasteiger partial charge on any atom is 0.322 e.